The van der Waals surface area contributed by atoms with Crippen molar-refractivity contribution >= 4 is 6.03 Å². The quantitative estimate of drug-likeness (QED) is 0.860. The van der Waals surface area contributed by atoms with E-state index in [4.69, 9.17) is 9.15 Å². The van der Waals surface area contributed by atoms with Gasteiger partial charge in [0.2, 0.25) is 0 Å². The maximum Gasteiger partial charge on any atom is 0.315 e. The Labute approximate surface area is 122 Å². The van der Waals surface area contributed by atoms with Gasteiger partial charge in [-0.1, -0.05) is 12.1 Å². The number of benzene rings is 1. The van der Waals surface area contributed by atoms with Gasteiger partial charge in [0, 0.05) is 13.7 Å². The second-order valence-corrected chi connectivity index (χ2v) is 4.43. The monoisotopic (exact) mass is 292 g/mol. The minimum absolute atomic E-state index is 0.291. The number of ether oxygens (including phenoxy) is 1. The third-order valence-electron chi connectivity index (χ3n) is 2.96. The molecule has 0 saturated heterocycles. The fourth-order valence-electron chi connectivity index (χ4n) is 1.81. The van der Waals surface area contributed by atoms with Crippen LogP contribution >= 0.6 is 0 Å². The lowest BCUT2D eigenvalue weighted by Gasteiger charge is -2.14. The normalized spacial score (nSPS) is 11.9. The molecule has 2 N–H and O–H groups in total. The van der Waals surface area contributed by atoms with Crippen LogP contribution in [-0.4, -0.2) is 19.7 Å². The maximum absolute atomic E-state index is 12.7. The number of amides is 2. The van der Waals surface area contributed by atoms with E-state index in [-0.39, 0.29) is 18.0 Å². The van der Waals surface area contributed by atoms with E-state index in [1.165, 1.54) is 12.1 Å². The molecule has 0 aliphatic rings. The van der Waals surface area contributed by atoms with Gasteiger partial charge in [-0.25, -0.2) is 9.18 Å². The van der Waals surface area contributed by atoms with Crippen LogP contribution in [0.2, 0.25) is 0 Å². The Morgan fingerprint density at radius 2 is 2.05 bits per heavy atom. The van der Waals surface area contributed by atoms with Crippen molar-refractivity contribution in [3.05, 3.63) is 59.8 Å². The van der Waals surface area contributed by atoms with Gasteiger partial charge in [0.1, 0.15) is 17.7 Å². The molecular weight excluding hydrogens is 275 g/mol. The summed E-state index contributed by atoms with van der Waals surface area (Å²) < 4.78 is 23.2. The fraction of sp³-hybridized carbons (Fsp3) is 0.267. The van der Waals surface area contributed by atoms with Gasteiger partial charge in [-0.3, -0.25) is 0 Å². The Balaban J connectivity index is 1.75. The number of furan rings is 1. The number of urea groups is 1. The van der Waals surface area contributed by atoms with E-state index in [0.29, 0.717) is 18.8 Å². The van der Waals surface area contributed by atoms with E-state index < -0.39 is 0 Å². The number of hydrogen-bond acceptors (Lipinski definition) is 3. The highest BCUT2D eigenvalue weighted by molar-refractivity contribution is 5.73. The molecule has 0 radical (unpaired) electrons. The van der Waals surface area contributed by atoms with Gasteiger partial charge in [0.25, 0.3) is 0 Å². The van der Waals surface area contributed by atoms with Crippen molar-refractivity contribution in [2.24, 2.45) is 0 Å². The molecule has 2 rings (SSSR count). The summed E-state index contributed by atoms with van der Waals surface area (Å²) in [6, 6.07) is 9.17. The Hall–Kier alpha value is -2.34. The molecule has 2 amide bonds. The zero-order valence-electron chi connectivity index (χ0n) is 11.6. The van der Waals surface area contributed by atoms with Crippen molar-refractivity contribution in [1.82, 2.24) is 10.6 Å². The van der Waals surface area contributed by atoms with Gasteiger partial charge in [-0.2, -0.15) is 0 Å². The van der Waals surface area contributed by atoms with E-state index in [0.717, 1.165) is 5.56 Å². The summed E-state index contributed by atoms with van der Waals surface area (Å²) in [6.07, 6.45) is 1.22. The number of rotatable bonds is 6. The summed E-state index contributed by atoms with van der Waals surface area (Å²) in [5.41, 5.74) is 0.820. The molecule has 1 atom stereocenters. The number of carbonyl (C=O) groups excluding carboxylic acids is 1. The first-order chi connectivity index (χ1) is 10.2. The molecule has 21 heavy (non-hydrogen) atoms. The molecular formula is C15H17FN2O3. The van der Waals surface area contributed by atoms with Crippen molar-refractivity contribution < 1.29 is 18.3 Å². The molecule has 1 unspecified atom stereocenters. The molecule has 5 nitrogen and oxygen atoms in total. The van der Waals surface area contributed by atoms with Gasteiger partial charge in [-0.05, 0) is 29.8 Å². The number of carbonyl (C=O) groups is 1. The van der Waals surface area contributed by atoms with Gasteiger partial charge in [0.15, 0.2) is 0 Å². The maximum atomic E-state index is 12.7. The lowest BCUT2D eigenvalue weighted by atomic mass is 10.2. The third kappa shape index (κ3) is 4.61. The van der Waals surface area contributed by atoms with Crippen LogP contribution in [0.3, 0.4) is 0 Å². The van der Waals surface area contributed by atoms with Crippen molar-refractivity contribution in [1.29, 1.82) is 0 Å². The molecule has 6 heteroatoms. The molecule has 1 aromatic heterocycles. The Kier molecular flexibility index (Phi) is 5.34. The van der Waals surface area contributed by atoms with Crippen LogP contribution < -0.4 is 10.6 Å². The number of hydrogen-bond donors (Lipinski definition) is 2. The van der Waals surface area contributed by atoms with Crippen molar-refractivity contribution in [2.75, 3.05) is 13.7 Å². The first-order valence-electron chi connectivity index (χ1n) is 6.51. The molecule has 0 spiro atoms. The van der Waals surface area contributed by atoms with Crippen molar-refractivity contribution in [3.63, 3.8) is 0 Å². The average molecular weight is 292 g/mol. The van der Waals surface area contributed by atoms with Crippen LogP contribution in [0.25, 0.3) is 0 Å². The predicted octanol–water partition coefficient (Wildman–Crippen LogP) is 2.61. The summed E-state index contributed by atoms with van der Waals surface area (Å²) in [4.78, 5) is 11.7. The number of methoxy groups -OCH3 is 1. The second kappa shape index (κ2) is 7.44. The molecule has 0 aliphatic heterocycles. The Morgan fingerprint density at radius 1 is 1.29 bits per heavy atom. The summed E-state index contributed by atoms with van der Waals surface area (Å²) in [5, 5.41) is 5.38. The highest BCUT2D eigenvalue weighted by Crippen LogP contribution is 2.15. The van der Waals surface area contributed by atoms with Crippen LogP contribution in [0, 0.1) is 5.82 Å². The highest BCUT2D eigenvalue weighted by Gasteiger charge is 2.14. The average Bonchev–Trinajstić information content (AvgIpc) is 3.01. The van der Waals surface area contributed by atoms with Crippen LogP contribution in [0.4, 0.5) is 9.18 Å². The summed E-state index contributed by atoms with van der Waals surface area (Å²) in [6.45, 7) is 0.615. The standard InChI is InChI=1S/C15H17FN2O3/c1-20-14(13-3-2-8-21-13)10-18-15(19)17-9-11-4-6-12(16)7-5-11/h2-8,14H,9-10H2,1H3,(H2,17,18,19). The Bertz CT molecular complexity index is 555. The first kappa shape index (κ1) is 15.1. The van der Waals surface area contributed by atoms with Crippen LogP contribution in [-0.2, 0) is 11.3 Å². The molecule has 1 heterocycles. The van der Waals surface area contributed by atoms with Crippen LogP contribution in [0.1, 0.15) is 17.4 Å². The number of halogens is 1. The largest absolute Gasteiger partial charge is 0.467 e. The zero-order chi connectivity index (χ0) is 15.1. The van der Waals surface area contributed by atoms with Gasteiger partial charge in [0.05, 0.1) is 12.8 Å². The molecule has 0 saturated carbocycles. The van der Waals surface area contributed by atoms with E-state index in [1.807, 2.05) is 0 Å². The fourth-order valence-corrected chi connectivity index (χ4v) is 1.81. The molecule has 0 aliphatic carbocycles. The SMILES string of the molecule is COC(CNC(=O)NCc1ccc(F)cc1)c1ccco1. The van der Waals surface area contributed by atoms with Crippen molar-refractivity contribution in [3.8, 4) is 0 Å². The second-order valence-electron chi connectivity index (χ2n) is 4.43. The summed E-state index contributed by atoms with van der Waals surface area (Å²) in [7, 11) is 1.55. The lowest BCUT2D eigenvalue weighted by Crippen LogP contribution is -2.37. The minimum Gasteiger partial charge on any atom is -0.467 e. The van der Waals surface area contributed by atoms with E-state index in [1.54, 1.807) is 37.6 Å². The zero-order valence-corrected chi connectivity index (χ0v) is 11.6. The number of nitrogens with one attached hydrogen (secondary N) is 2. The van der Waals surface area contributed by atoms with E-state index in [2.05, 4.69) is 10.6 Å². The van der Waals surface area contributed by atoms with Crippen molar-refractivity contribution in [2.45, 2.75) is 12.6 Å². The molecule has 1 aromatic carbocycles. The smallest absolute Gasteiger partial charge is 0.315 e. The molecule has 2 aromatic rings. The van der Waals surface area contributed by atoms with Crippen LogP contribution in [0.5, 0.6) is 0 Å². The summed E-state index contributed by atoms with van der Waals surface area (Å²) >= 11 is 0. The predicted molar refractivity (Wildman–Crippen MR) is 75.1 cm³/mol. The molecule has 0 fully saturated rings. The third-order valence-corrected chi connectivity index (χ3v) is 2.96. The van der Waals surface area contributed by atoms with Gasteiger partial charge in [-0.15, -0.1) is 0 Å². The highest BCUT2D eigenvalue weighted by atomic mass is 19.1. The van der Waals surface area contributed by atoms with Gasteiger partial charge < -0.3 is 19.8 Å². The minimum atomic E-state index is -0.337. The molecule has 0 bridgehead atoms. The van der Waals surface area contributed by atoms with E-state index >= 15 is 0 Å². The topological polar surface area (TPSA) is 63.5 Å². The lowest BCUT2D eigenvalue weighted by molar-refractivity contribution is 0.0850. The van der Waals surface area contributed by atoms with E-state index in [9.17, 15) is 9.18 Å². The molecule has 112 valence electrons. The summed E-state index contributed by atoms with van der Waals surface area (Å²) in [5.74, 6) is 0.348. The Morgan fingerprint density at radius 3 is 2.67 bits per heavy atom. The van der Waals surface area contributed by atoms with Gasteiger partial charge >= 0.3 is 6.03 Å². The first-order valence-corrected chi connectivity index (χ1v) is 6.51. The van der Waals surface area contributed by atoms with Crippen LogP contribution in [0.15, 0.2) is 47.1 Å².